The predicted molar refractivity (Wildman–Crippen MR) is 101 cm³/mol. The largest absolute Gasteiger partial charge is 0.493 e. The SMILES string of the molecule is CCOc1cc([N+](=O)[O-])c(C(=O)O[C@@H](C)C(=O)c2ccc(C)cc2)cc1OC. The van der Waals surface area contributed by atoms with E-state index in [9.17, 15) is 19.7 Å². The van der Waals surface area contributed by atoms with Crippen molar-refractivity contribution in [3.8, 4) is 11.5 Å². The third-order valence-corrected chi connectivity index (χ3v) is 3.99. The first kappa shape index (κ1) is 20.9. The number of hydrogen-bond donors (Lipinski definition) is 0. The van der Waals surface area contributed by atoms with E-state index in [0.29, 0.717) is 5.56 Å². The monoisotopic (exact) mass is 387 g/mol. The molecule has 0 aliphatic carbocycles. The molecule has 0 spiro atoms. The smallest absolute Gasteiger partial charge is 0.346 e. The molecule has 2 aromatic carbocycles. The summed E-state index contributed by atoms with van der Waals surface area (Å²) in [6.07, 6.45) is -1.12. The Kier molecular flexibility index (Phi) is 6.70. The quantitative estimate of drug-likeness (QED) is 0.294. The minimum Gasteiger partial charge on any atom is -0.493 e. The van der Waals surface area contributed by atoms with E-state index in [1.54, 1.807) is 31.2 Å². The number of carbonyl (C=O) groups excluding carboxylic acids is 2. The third-order valence-electron chi connectivity index (χ3n) is 3.99. The fourth-order valence-electron chi connectivity index (χ4n) is 2.52. The van der Waals surface area contributed by atoms with E-state index in [2.05, 4.69) is 0 Å². The third kappa shape index (κ3) is 4.64. The molecular formula is C20H21NO7. The topological polar surface area (TPSA) is 105 Å². The fourth-order valence-corrected chi connectivity index (χ4v) is 2.52. The van der Waals surface area contributed by atoms with Gasteiger partial charge in [0, 0.05) is 11.6 Å². The van der Waals surface area contributed by atoms with Gasteiger partial charge in [-0.05, 0) is 20.8 Å². The van der Waals surface area contributed by atoms with Crippen molar-refractivity contribution in [1.82, 2.24) is 0 Å². The number of ether oxygens (including phenoxy) is 3. The molecule has 0 saturated carbocycles. The highest BCUT2D eigenvalue weighted by Crippen LogP contribution is 2.35. The van der Waals surface area contributed by atoms with E-state index in [-0.39, 0.29) is 23.7 Å². The number of nitro groups is 1. The molecule has 0 fully saturated rings. The molecule has 8 heteroatoms. The van der Waals surface area contributed by atoms with E-state index < -0.39 is 28.5 Å². The first-order valence-corrected chi connectivity index (χ1v) is 8.59. The van der Waals surface area contributed by atoms with Gasteiger partial charge in [0.1, 0.15) is 5.56 Å². The standard InChI is InChI=1S/C20H21NO7/c1-5-27-18-11-16(21(24)25)15(10-17(18)26-4)20(23)28-13(3)19(22)14-8-6-12(2)7-9-14/h6-11,13H,5H2,1-4H3/t13-/m0/s1. The van der Waals surface area contributed by atoms with Crippen molar-refractivity contribution in [2.75, 3.05) is 13.7 Å². The lowest BCUT2D eigenvalue weighted by molar-refractivity contribution is -0.385. The minimum absolute atomic E-state index is 0.136. The minimum atomic E-state index is -1.12. The lowest BCUT2D eigenvalue weighted by Gasteiger charge is -2.14. The van der Waals surface area contributed by atoms with Gasteiger partial charge in [-0.3, -0.25) is 14.9 Å². The number of Topliss-reactive ketones (excluding diaryl/α,β-unsaturated/α-hetero) is 1. The van der Waals surface area contributed by atoms with E-state index in [1.807, 2.05) is 6.92 Å². The molecule has 0 radical (unpaired) electrons. The second-order valence-electron chi connectivity index (χ2n) is 5.99. The number of esters is 1. The van der Waals surface area contributed by atoms with Crippen molar-refractivity contribution in [1.29, 1.82) is 0 Å². The molecule has 2 aromatic rings. The van der Waals surface area contributed by atoms with Gasteiger partial charge in [-0.25, -0.2) is 4.79 Å². The van der Waals surface area contributed by atoms with Gasteiger partial charge in [-0.1, -0.05) is 29.8 Å². The molecular weight excluding hydrogens is 366 g/mol. The Hall–Kier alpha value is -3.42. The van der Waals surface area contributed by atoms with Crippen LogP contribution < -0.4 is 9.47 Å². The molecule has 0 N–H and O–H groups in total. The molecule has 0 aliphatic rings. The van der Waals surface area contributed by atoms with Crippen LogP contribution in [0.3, 0.4) is 0 Å². The van der Waals surface area contributed by atoms with E-state index in [1.165, 1.54) is 20.1 Å². The number of nitro benzene ring substituents is 1. The Labute approximate surface area is 162 Å². The van der Waals surface area contributed by atoms with Crippen molar-refractivity contribution in [2.45, 2.75) is 26.9 Å². The van der Waals surface area contributed by atoms with Gasteiger partial charge < -0.3 is 14.2 Å². The first-order valence-electron chi connectivity index (χ1n) is 8.59. The number of carbonyl (C=O) groups is 2. The van der Waals surface area contributed by atoms with Crippen LogP contribution in [0.4, 0.5) is 5.69 Å². The maximum atomic E-state index is 12.5. The van der Waals surface area contributed by atoms with Crippen molar-refractivity contribution < 1.29 is 28.7 Å². The van der Waals surface area contributed by atoms with Crippen molar-refractivity contribution in [3.63, 3.8) is 0 Å². The summed E-state index contributed by atoms with van der Waals surface area (Å²) in [5.41, 5.74) is 0.543. The second kappa shape index (κ2) is 8.98. The van der Waals surface area contributed by atoms with Crippen LogP contribution in [0.1, 0.15) is 40.1 Å². The van der Waals surface area contributed by atoms with E-state index in [4.69, 9.17) is 14.2 Å². The zero-order valence-electron chi connectivity index (χ0n) is 16.1. The van der Waals surface area contributed by atoms with Gasteiger partial charge in [-0.15, -0.1) is 0 Å². The molecule has 8 nitrogen and oxygen atoms in total. The molecule has 28 heavy (non-hydrogen) atoms. The van der Waals surface area contributed by atoms with Gasteiger partial charge >= 0.3 is 5.97 Å². The molecule has 148 valence electrons. The van der Waals surface area contributed by atoms with Crippen LogP contribution in [0.5, 0.6) is 11.5 Å². The number of benzene rings is 2. The molecule has 1 atom stereocenters. The zero-order valence-corrected chi connectivity index (χ0v) is 16.1. The number of ketones is 1. The Morgan fingerprint density at radius 1 is 1.14 bits per heavy atom. The summed E-state index contributed by atoms with van der Waals surface area (Å²) in [5, 5.41) is 11.4. The number of methoxy groups -OCH3 is 1. The Morgan fingerprint density at radius 3 is 2.32 bits per heavy atom. The van der Waals surface area contributed by atoms with Crippen molar-refractivity contribution >= 4 is 17.4 Å². The number of rotatable bonds is 8. The molecule has 0 bridgehead atoms. The van der Waals surface area contributed by atoms with Crippen molar-refractivity contribution in [3.05, 3.63) is 63.2 Å². The Morgan fingerprint density at radius 2 is 1.79 bits per heavy atom. The second-order valence-corrected chi connectivity index (χ2v) is 5.99. The van der Waals surface area contributed by atoms with Crippen LogP contribution in [0, 0.1) is 17.0 Å². The Balaban J connectivity index is 2.30. The normalized spacial score (nSPS) is 11.4. The predicted octanol–water partition coefficient (Wildman–Crippen LogP) is 3.74. The van der Waals surface area contributed by atoms with Gasteiger partial charge in [0.25, 0.3) is 5.69 Å². The highest BCUT2D eigenvalue weighted by molar-refractivity contribution is 6.02. The lowest BCUT2D eigenvalue weighted by atomic mass is 10.1. The number of aryl methyl sites for hydroxylation is 1. The highest BCUT2D eigenvalue weighted by Gasteiger charge is 2.28. The van der Waals surface area contributed by atoms with Crippen molar-refractivity contribution in [2.24, 2.45) is 0 Å². The highest BCUT2D eigenvalue weighted by atomic mass is 16.6. The van der Waals surface area contributed by atoms with E-state index >= 15 is 0 Å². The van der Waals surface area contributed by atoms with Crippen LogP contribution in [-0.4, -0.2) is 36.5 Å². The molecule has 2 rings (SSSR count). The molecule has 0 aromatic heterocycles. The number of nitrogens with zero attached hydrogens (tertiary/aromatic N) is 1. The molecule has 0 heterocycles. The van der Waals surface area contributed by atoms with Gasteiger partial charge in [0.05, 0.1) is 24.7 Å². The fraction of sp³-hybridized carbons (Fsp3) is 0.300. The summed E-state index contributed by atoms with van der Waals surface area (Å²) in [6.45, 7) is 5.28. The van der Waals surface area contributed by atoms with Crippen LogP contribution in [-0.2, 0) is 4.74 Å². The van der Waals surface area contributed by atoms with Crippen LogP contribution in [0.15, 0.2) is 36.4 Å². The summed E-state index contributed by atoms with van der Waals surface area (Å²) in [7, 11) is 1.35. The van der Waals surface area contributed by atoms with Gasteiger partial charge in [-0.2, -0.15) is 0 Å². The Bertz CT molecular complexity index is 890. The number of hydrogen-bond acceptors (Lipinski definition) is 7. The summed E-state index contributed by atoms with van der Waals surface area (Å²) < 4.78 is 15.6. The van der Waals surface area contributed by atoms with Crippen LogP contribution >= 0.6 is 0 Å². The molecule has 0 amide bonds. The maximum Gasteiger partial charge on any atom is 0.346 e. The van der Waals surface area contributed by atoms with Gasteiger partial charge in [0.15, 0.2) is 17.6 Å². The summed E-state index contributed by atoms with van der Waals surface area (Å²) in [5.74, 6) is -1.12. The summed E-state index contributed by atoms with van der Waals surface area (Å²) in [4.78, 5) is 35.7. The summed E-state index contributed by atoms with van der Waals surface area (Å²) in [6, 6.07) is 9.07. The average Bonchev–Trinajstić information content (AvgIpc) is 2.67. The summed E-state index contributed by atoms with van der Waals surface area (Å²) >= 11 is 0. The molecule has 0 unspecified atom stereocenters. The average molecular weight is 387 g/mol. The lowest BCUT2D eigenvalue weighted by Crippen LogP contribution is -2.25. The van der Waals surface area contributed by atoms with Crippen LogP contribution in [0.2, 0.25) is 0 Å². The maximum absolute atomic E-state index is 12.5. The first-order chi connectivity index (χ1) is 13.3. The van der Waals surface area contributed by atoms with Gasteiger partial charge in [0.2, 0.25) is 5.78 Å². The zero-order chi connectivity index (χ0) is 20.8. The molecule has 0 saturated heterocycles. The van der Waals surface area contributed by atoms with E-state index in [0.717, 1.165) is 11.6 Å². The van der Waals surface area contributed by atoms with Crippen LogP contribution in [0.25, 0.3) is 0 Å². The molecule has 0 aliphatic heterocycles.